The van der Waals surface area contributed by atoms with E-state index in [9.17, 15) is 0 Å². The van der Waals surface area contributed by atoms with E-state index < -0.39 is 0 Å². The van der Waals surface area contributed by atoms with E-state index in [1.807, 2.05) is 18.2 Å². The van der Waals surface area contributed by atoms with Gasteiger partial charge >= 0.3 is 0 Å². The first kappa shape index (κ1) is 10.1. The summed E-state index contributed by atoms with van der Waals surface area (Å²) in [4.78, 5) is 4.33. The molecule has 0 fully saturated rings. The molecule has 0 amide bonds. The van der Waals surface area contributed by atoms with Crippen molar-refractivity contribution >= 4 is 43.3 Å². The van der Waals surface area contributed by atoms with Gasteiger partial charge in [0, 0.05) is 11.1 Å². The van der Waals surface area contributed by atoms with Gasteiger partial charge in [0.1, 0.15) is 5.52 Å². The van der Waals surface area contributed by atoms with Crippen LogP contribution in [0.15, 0.2) is 36.4 Å². The van der Waals surface area contributed by atoms with Crippen molar-refractivity contribution in [3.05, 3.63) is 41.9 Å². The summed E-state index contributed by atoms with van der Waals surface area (Å²) in [7, 11) is 0. The fourth-order valence-electron chi connectivity index (χ4n) is 2.08. The van der Waals surface area contributed by atoms with E-state index in [-0.39, 0.29) is 0 Å². The molecule has 2 aromatic heterocycles. The standard InChI is InChI=1S/C13H6N3S2/c1-3-8(12-10(5-1)17-7-14-12)9-4-2-6-11-13(9)15-16-18-11/h1-6H. The number of nitrogens with zero attached hydrogens (tertiary/aromatic N) is 3. The van der Waals surface area contributed by atoms with Crippen LogP contribution >= 0.6 is 22.9 Å². The molecule has 0 atom stereocenters. The molecular formula is C13H6N3S2. The van der Waals surface area contributed by atoms with Gasteiger partial charge in [-0.25, -0.2) is 4.98 Å². The topological polar surface area (TPSA) is 38.7 Å². The summed E-state index contributed by atoms with van der Waals surface area (Å²) in [6, 6.07) is 12.3. The maximum absolute atomic E-state index is 4.33. The van der Waals surface area contributed by atoms with E-state index in [1.54, 1.807) is 0 Å². The molecule has 2 heterocycles. The molecule has 2 aromatic carbocycles. The number of hydrogen-bond donors (Lipinski definition) is 0. The third kappa shape index (κ3) is 1.38. The second-order valence-corrected chi connectivity index (χ2v) is 5.49. The van der Waals surface area contributed by atoms with Crippen LogP contribution in [-0.2, 0) is 0 Å². The SMILES string of the molecule is [c]1nc2c(-c3cccc4snnc34)cccc2s1. The molecule has 1 radical (unpaired) electrons. The van der Waals surface area contributed by atoms with E-state index in [0.717, 1.165) is 31.6 Å². The van der Waals surface area contributed by atoms with Crippen LogP contribution in [-0.4, -0.2) is 14.6 Å². The number of para-hydroxylation sites is 1. The average Bonchev–Trinajstić information content (AvgIpc) is 3.06. The molecule has 0 saturated carbocycles. The number of rotatable bonds is 1. The molecule has 0 unspecified atom stereocenters. The van der Waals surface area contributed by atoms with E-state index >= 15 is 0 Å². The third-order valence-electron chi connectivity index (χ3n) is 2.88. The highest BCUT2D eigenvalue weighted by atomic mass is 32.1. The summed E-state index contributed by atoms with van der Waals surface area (Å²) in [6.07, 6.45) is 0. The second-order valence-electron chi connectivity index (χ2n) is 3.88. The zero-order valence-electron chi connectivity index (χ0n) is 9.12. The molecule has 5 heteroatoms. The van der Waals surface area contributed by atoms with Crippen molar-refractivity contribution in [3.8, 4) is 11.1 Å². The Morgan fingerprint density at radius 2 is 1.67 bits per heavy atom. The van der Waals surface area contributed by atoms with Crippen LogP contribution in [0.25, 0.3) is 31.6 Å². The Bertz CT molecular complexity index is 775. The maximum Gasteiger partial charge on any atom is 0.153 e. The predicted molar refractivity (Wildman–Crippen MR) is 74.9 cm³/mol. The molecule has 85 valence electrons. The Kier molecular flexibility index (Phi) is 2.15. The Labute approximate surface area is 111 Å². The molecule has 0 bridgehead atoms. The second kappa shape index (κ2) is 3.83. The molecule has 0 spiro atoms. The van der Waals surface area contributed by atoms with Gasteiger partial charge in [-0.15, -0.1) is 16.4 Å². The van der Waals surface area contributed by atoms with Gasteiger partial charge < -0.3 is 0 Å². The highest BCUT2D eigenvalue weighted by Gasteiger charge is 2.11. The van der Waals surface area contributed by atoms with Crippen LogP contribution in [0.5, 0.6) is 0 Å². The van der Waals surface area contributed by atoms with Crippen LogP contribution < -0.4 is 0 Å². The van der Waals surface area contributed by atoms with Crippen molar-refractivity contribution in [1.29, 1.82) is 0 Å². The minimum Gasteiger partial charge on any atom is -0.233 e. The molecule has 0 aliphatic carbocycles. The van der Waals surface area contributed by atoms with Gasteiger partial charge in [-0.2, -0.15) is 0 Å². The summed E-state index contributed by atoms with van der Waals surface area (Å²) in [5, 5.41) is 4.22. The van der Waals surface area contributed by atoms with Gasteiger partial charge in [0.15, 0.2) is 5.51 Å². The first-order valence-electron chi connectivity index (χ1n) is 5.40. The minimum absolute atomic E-state index is 0.947. The van der Waals surface area contributed by atoms with Crippen molar-refractivity contribution in [2.75, 3.05) is 0 Å². The van der Waals surface area contributed by atoms with Gasteiger partial charge in [-0.05, 0) is 23.7 Å². The highest BCUT2D eigenvalue weighted by molar-refractivity contribution is 7.16. The Balaban J connectivity index is 2.13. The Hall–Kier alpha value is -1.85. The molecule has 18 heavy (non-hydrogen) atoms. The smallest absolute Gasteiger partial charge is 0.153 e. The van der Waals surface area contributed by atoms with Crippen molar-refractivity contribution in [3.63, 3.8) is 0 Å². The lowest BCUT2D eigenvalue weighted by Crippen LogP contribution is -1.82. The molecule has 3 nitrogen and oxygen atoms in total. The highest BCUT2D eigenvalue weighted by Crippen LogP contribution is 2.33. The Morgan fingerprint density at radius 3 is 2.56 bits per heavy atom. The van der Waals surface area contributed by atoms with Gasteiger partial charge in [0.25, 0.3) is 0 Å². The zero-order chi connectivity index (χ0) is 11.9. The van der Waals surface area contributed by atoms with Crippen molar-refractivity contribution in [2.45, 2.75) is 0 Å². The predicted octanol–water partition coefficient (Wildman–Crippen LogP) is 3.77. The maximum atomic E-state index is 4.33. The molecule has 0 aliphatic heterocycles. The minimum atomic E-state index is 0.947. The van der Waals surface area contributed by atoms with Gasteiger partial charge in [0.2, 0.25) is 0 Å². The molecule has 0 aliphatic rings. The Morgan fingerprint density at radius 1 is 0.889 bits per heavy atom. The number of hydrogen-bond acceptors (Lipinski definition) is 5. The van der Waals surface area contributed by atoms with Gasteiger partial charge in [0.05, 0.1) is 14.9 Å². The largest absolute Gasteiger partial charge is 0.233 e. The van der Waals surface area contributed by atoms with Gasteiger partial charge in [-0.1, -0.05) is 28.8 Å². The first-order valence-corrected chi connectivity index (χ1v) is 6.99. The van der Waals surface area contributed by atoms with E-state index in [0.29, 0.717) is 0 Å². The summed E-state index contributed by atoms with van der Waals surface area (Å²) >= 11 is 2.95. The summed E-state index contributed by atoms with van der Waals surface area (Å²) in [5.41, 5.74) is 7.07. The number of thiazole rings is 1. The normalized spacial score (nSPS) is 11.3. The molecule has 4 aromatic rings. The molecule has 0 N–H and O–H groups in total. The first-order chi connectivity index (χ1) is 8.93. The number of aromatic nitrogens is 3. The monoisotopic (exact) mass is 268 g/mol. The summed E-state index contributed by atoms with van der Waals surface area (Å²) in [5.74, 6) is 0. The van der Waals surface area contributed by atoms with Crippen LogP contribution in [0.4, 0.5) is 0 Å². The van der Waals surface area contributed by atoms with E-state index in [1.165, 1.54) is 22.9 Å². The van der Waals surface area contributed by atoms with Crippen LogP contribution in [0, 0.1) is 5.51 Å². The molecule has 0 saturated heterocycles. The molecule has 4 rings (SSSR count). The van der Waals surface area contributed by atoms with Crippen LogP contribution in [0.1, 0.15) is 0 Å². The summed E-state index contributed by atoms with van der Waals surface area (Å²) in [6.45, 7) is 0. The fraction of sp³-hybridized carbons (Fsp3) is 0. The lowest BCUT2D eigenvalue weighted by Gasteiger charge is -2.02. The van der Waals surface area contributed by atoms with E-state index in [2.05, 4.69) is 38.3 Å². The van der Waals surface area contributed by atoms with Crippen LogP contribution in [0.3, 0.4) is 0 Å². The third-order valence-corrected chi connectivity index (χ3v) is 4.30. The summed E-state index contributed by atoms with van der Waals surface area (Å²) < 4.78 is 6.27. The number of fused-ring (bicyclic) bond motifs is 2. The zero-order valence-corrected chi connectivity index (χ0v) is 10.8. The average molecular weight is 268 g/mol. The van der Waals surface area contributed by atoms with Crippen molar-refractivity contribution < 1.29 is 0 Å². The van der Waals surface area contributed by atoms with E-state index in [4.69, 9.17) is 0 Å². The van der Waals surface area contributed by atoms with Gasteiger partial charge in [-0.3, -0.25) is 0 Å². The lowest BCUT2D eigenvalue weighted by atomic mass is 10.0. The fourth-order valence-corrected chi connectivity index (χ4v) is 3.30. The molecular weight excluding hydrogens is 262 g/mol. The van der Waals surface area contributed by atoms with Crippen LogP contribution in [0.2, 0.25) is 0 Å². The quantitative estimate of drug-likeness (QED) is 0.527. The van der Waals surface area contributed by atoms with Crippen molar-refractivity contribution in [2.24, 2.45) is 0 Å². The lowest BCUT2D eigenvalue weighted by molar-refractivity contribution is 1.20. The number of benzene rings is 2. The van der Waals surface area contributed by atoms with Crippen molar-refractivity contribution in [1.82, 2.24) is 14.6 Å².